The highest BCUT2D eigenvalue weighted by Gasteiger charge is 2.08. The number of ether oxygens (including phenoxy) is 1. The monoisotopic (exact) mass is 177 g/mol. The van der Waals surface area contributed by atoms with Gasteiger partial charge in [0.2, 0.25) is 0 Å². The number of hydrogen-bond donors (Lipinski definition) is 0. The van der Waals surface area contributed by atoms with Gasteiger partial charge in [-0.3, -0.25) is 0 Å². The Morgan fingerprint density at radius 2 is 2.54 bits per heavy atom. The van der Waals surface area contributed by atoms with E-state index >= 15 is 0 Å². The van der Waals surface area contributed by atoms with Crippen molar-refractivity contribution in [2.24, 2.45) is 0 Å². The van der Waals surface area contributed by atoms with Gasteiger partial charge < -0.3 is 9.15 Å². The second-order valence-electron chi connectivity index (χ2n) is 2.18. The molecule has 4 heteroatoms. The van der Waals surface area contributed by atoms with E-state index in [1.54, 1.807) is 18.2 Å². The van der Waals surface area contributed by atoms with E-state index in [9.17, 15) is 4.79 Å². The molecule has 0 radical (unpaired) electrons. The van der Waals surface area contributed by atoms with Crippen molar-refractivity contribution < 1.29 is 13.9 Å². The van der Waals surface area contributed by atoms with Crippen molar-refractivity contribution in [3.05, 3.63) is 29.7 Å². The van der Waals surface area contributed by atoms with Crippen molar-refractivity contribution in [3.8, 4) is 6.07 Å². The van der Waals surface area contributed by atoms with Gasteiger partial charge in [0.25, 0.3) is 0 Å². The van der Waals surface area contributed by atoms with Gasteiger partial charge in [-0.25, -0.2) is 4.79 Å². The molecule has 0 N–H and O–H groups in total. The van der Waals surface area contributed by atoms with Crippen LogP contribution in [0.15, 0.2) is 28.4 Å². The van der Waals surface area contributed by atoms with Gasteiger partial charge in [0.15, 0.2) is 0 Å². The van der Waals surface area contributed by atoms with E-state index in [-0.39, 0.29) is 5.57 Å². The molecule has 0 fully saturated rings. The Hall–Kier alpha value is -2.02. The third-order valence-corrected chi connectivity index (χ3v) is 1.36. The van der Waals surface area contributed by atoms with E-state index in [1.807, 2.05) is 0 Å². The lowest BCUT2D eigenvalue weighted by Crippen LogP contribution is -2.02. The second kappa shape index (κ2) is 4.12. The smallest absolute Gasteiger partial charge is 0.348 e. The summed E-state index contributed by atoms with van der Waals surface area (Å²) in [6, 6.07) is 5.02. The highest BCUT2D eigenvalue weighted by molar-refractivity contribution is 5.97. The molecular formula is C9H7NO3. The number of carbonyl (C=O) groups is 1. The second-order valence-corrected chi connectivity index (χ2v) is 2.18. The summed E-state index contributed by atoms with van der Waals surface area (Å²) in [7, 11) is 1.22. The Bertz CT molecular complexity index is 357. The third kappa shape index (κ3) is 2.20. The van der Waals surface area contributed by atoms with Crippen molar-refractivity contribution in [1.82, 2.24) is 0 Å². The zero-order valence-corrected chi connectivity index (χ0v) is 6.98. The number of methoxy groups -OCH3 is 1. The third-order valence-electron chi connectivity index (χ3n) is 1.36. The summed E-state index contributed by atoms with van der Waals surface area (Å²) in [5, 5.41) is 8.57. The Balaban J connectivity index is 2.91. The highest BCUT2D eigenvalue weighted by atomic mass is 16.5. The van der Waals surface area contributed by atoms with Crippen LogP contribution in [0.25, 0.3) is 6.08 Å². The molecular weight excluding hydrogens is 170 g/mol. The molecule has 0 aliphatic rings. The number of furan rings is 1. The van der Waals surface area contributed by atoms with Crippen LogP contribution in [-0.4, -0.2) is 13.1 Å². The van der Waals surface area contributed by atoms with E-state index in [2.05, 4.69) is 4.74 Å². The highest BCUT2D eigenvalue weighted by Crippen LogP contribution is 2.07. The average Bonchev–Trinajstić information content (AvgIpc) is 2.65. The summed E-state index contributed by atoms with van der Waals surface area (Å²) in [5.41, 5.74) is -0.0857. The molecule has 13 heavy (non-hydrogen) atoms. The van der Waals surface area contributed by atoms with Gasteiger partial charge in [0, 0.05) is 6.08 Å². The summed E-state index contributed by atoms with van der Waals surface area (Å²) in [5.74, 6) is -0.221. The number of hydrogen-bond acceptors (Lipinski definition) is 4. The number of carbonyl (C=O) groups excluding carboxylic acids is 1. The molecule has 0 atom stereocenters. The van der Waals surface area contributed by atoms with Gasteiger partial charge in [-0.1, -0.05) is 0 Å². The molecule has 1 rings (SSSR count). The molecule has 0 unspecified atom stereocenters. The van der Waals surface area contributed by atoms with Gasteiger partial charge in [-0.2, -0.15) is 5.26 Å². The summed E-state index contributed by atoms with van der Waals surface area (Å²) < 4.78 is 9.31. The van der Waals surface area contributed by atoms with Crippen molar-refractivity contribution in [2.75, 3.05) is 7.11 Å². The quantitative estimate of drug-likeness (QED) is 0.388. The number of nitriles is 1. The zero-order valence-electron chi connectivity index (χ0n) is 6.98. The minimum Gasteiger partial charge on any atom is -0.465 e. The van der Waals surface area contributed by atoms with Gasteiger partial charge >= 0.3 is 5.97 Å². The van der Waals surface area contributed by atoms with Gasteiger partial charge in [0.1, 0.15) is 17.4 Å². The molecule has 0 spiro atoms. The largest absolute Gasteiger partial charge is 0.465 e. The van der Waals surface area contributed by atoms with E-state index in [1.165, 1.54) is 19.4 Å². The lowest BCUT2D eigenvalue weighted by atomic mass is 10.2. The van der Waals surface area contributed by atoms with Crippen LogP contribution in [0.5, 0.6) is 0 Å². The summed E-state index contributed by atoms with van der Waals surface area (Å²) in [6.07, 6.45) is 2.78. The number of esters is 1. The first-order valence-electron chi connectivity index (χ1n) is 3.51. The predicted molar refractivity (Wildman–Crippen MR) is 44.3 cm³/mol. The van der Waals surface area contributed by atoms with Crippen LogP contribution in [0.3, 0.4) is 0 Å². The maximum absolute atomic E-state index is 10.9. The van der Waals surface area contributed by atoms with Crippen LogP contribution in [-0.2, 0) is 9.53 Å². The Morgan fingerprint density at radius 1 is 1.77 bits per heavy atom. The maximum atomic E-state index is 10.9. The molecule has 0 bridgehead atoms. The Labute approximate surface area is 75.0 Å². The fraction of sp³-hybridized carbons (Fsp3) is 0.111. The molecule has 4 nitrogen and oxygen atoms in total. The Kier molecular flexibility index (Phi) is 2.87. The van der Waals surface area contributed by atoms with Crippen molar-refractivity contribution in [1.29, 1.82) is 5.26 Å². The zero-order chi connectivity index (χ0) is 9.68. The normalized spacial score (nSPS) is 10.6. The fourth-order valence-electron chi connectivity index (χ4n) is 0.762. The number of rotatable bonds is 2. The van der Waals surface area contributed by atoms with E-state index in [0.717, 1.165) is 0 Å². The fourth-order valence-corrected chi connectivity index (χ4v) is 0.762. The standard InChI is InChI=1S/C9H7NO3/c1-12-9(11)7(6-10)5-8-3-2-4-13-8/h2-5H,1H3/b7-5+. The lowest BCUT2D eigenvalue weighted by Gasteiger charge is -1.93. The first-order chi connectivity index (χ1) is 6.27. The van der Waals surface area contributed by atoms with Crippen LogP contribution >= 0.6 is 0 Å². The molecule has 1 aromatic rings. The first-order valence-corrected chi connectivity index (χ1v) is 3.51. The van der Waals surface area contributed by atoms with E-state index in [0.29, 0.717) is 5.76 Å². The van der Waals surface area contributed by atoms with E-state index in [4.69, 9.17) is 9.68 Å². The summed E-state index contributed by atoms with van der Waals surface area (Å²) in [6.45, 7) is 0. The van der Waals surface area contributed by atoms with Crippen molar-refractivity contribution in [2.45, 2.75) is 0 Å². The molecule has 0 aromatic carbocycles. The molecule has 1 aromatic heterocycles. The molecule has 0 saturated heterocycles. The molecule has 0 aliphatic carbocycles. The SMILES string of the molecule is COC(=O)/C(C#N)=C/c1ccco1. The van der Waals surface area contributed by atoms with Gasteiger partial charge in [0.05, 0.1) is 13.4 Å². The first kappa shape index (κ1) is 9.07. The minimum atomic E-state index is -0.668. The molecule has 1 heterocycles. The summed E-state index contributed by atoms with van der Waals surface area (Å²) in [4.78, 5) is 10.9. The molecule has 0 amide bonds. The van der Waals surface area contributed by atoms with Crippen LogP contribution < -0.4 is 0 Å². The predicted octanol–water partition coefficient (Wildman–Crippen LogP) is 1.36. The van der Waals surface area contributed by atoms with Crippen LogP contribution in [0, 0.1) is 11.3 Å². The van der Waals surface area contributed by atoms with Crippen molar-refractivity contribution in [3.63, 3.8) is 0 Å². The molecule has 0 aliphatic heterocycles. The van der Waals surface area contributed by atoms with Crippen LogP contribution in [0.4, 0.5) is 0 Å². The molecule has 0 saturated carbocycles. The summed E-state index contributed by atoms with van der Waals surface area (Å²) >= 11 is 0. The van der Waals surface area contributed by atoms with Crippen LogP contribution in [0.2, 0.25) is 0 Å². The average molecular weight is 177 g/mol. The minimum absolute atomic E-state index is 0.0857. The lowest BCUT2D eigenvalue weighted by molar-refractivity contribution is -0.135. The van der Waals surface area contributed by atoms with Gasteiger partial charge in [-0.15, -0.1) is 0 Å². The number of nitrogens with zero attached hydrogens (tertiary/aromatic N) is 1. The van der Waals surface area contributed by atoms with E-state index < -0.39 is 5.97 Å². The molecule has 66 valence electrons. The van der Waals surface area contributed by atoms with Gasteiger partial charge in [-0.05, 0) is 12.1 Å². The van der Waals surface area contributed by atoms with Crippen LogP contribution in [0.1, 0.15) is 5.76 Å². The topological polar surface area (TPSA) is 63.2 Å². The maximum Gasteiger partial charge on any atom is 0.348 e. The Morgan fingerprint density at radius 3 is 3.00 bits per heavy atom. The van der Waals surface area contributed by atoms with Crippen molar-refractivity contribution >= 4 is 12.0 Å².